The monoisotopic (exact) mass is 470 g/mol. The van der Waals surface area contributed by atoms with E-state index in [0.717, 1.165) is 27.6 Å². The number of allylic oxidation sites excluding steroid dienone is 1. The predicted molar refractivity (Wildman–Crippen MR) is 160 cm³/mol. The Kier molecular flexibility index (Phi) is 5.89. The van der Waals surface area contributed by atoms with Crippen LogP contribution in [0.5, 0.6) is 0 Å². The van der Waals surface area contributed by atoms with Crippen molar-refractivity contribution in [1.29, 1.82) is 0 Å². The molecule has 0 aliphatic carbocycles. The van der Waals surface area contributed by atoms with Crippen LogP contribution in [0.2, 0.25) is 0 Å². The van der Waals surface area contributed by atoms with E-state index < -0.39 is 0 Å². The van der Waals surface area contributed by atoms with Crippen LogP contribution in [0.25, 0.3) is 61.0 Å². The van der Waals surface area contributed by atoms with E-state index in [1.807, 2.05) is 6.07 Å². The second-order valence-corrected chi connectivity index (χ2v) is 9.24. The third-order valence-corrected chi connectivity index (χ3v) is 7.03. The molecule has 0 bridgehead atoms. The molecule has 0 fully saturated rings. The highest BCUT2D eigenvalue weighted by atomic mass is 14.2. The summed E-state index contributed by atoms with van der Waals surface area (Å²) in [6, 6.07) is 43.0. The Labute approximate surface area is 218 Å². The molecule has 0 unspecified atom stereocenters. The molecule has 0 nitrogen and oxygen atoms in total. The first kappa shape index (κ1) is 22.6. The zero-order chi connectivity index (χ0) is 25.2. The van der Waals surface area contributed by atoms with E-state index in [1.54, 1.807) is 0 Å². The van der Waals surface area contributed by atoms with Crippen LogP contribution in [0.4, 0.5) is 0 Å². The highest BCUT2D eigenvalue weighted by Crippen LogP contribution is 2.43. The molecule has 174 valence electrons. The first-order chi connectivity index (χ1) is 18.3. The largest absolute Gasteiger partial charge is 0.115 e. The average Bonchev–Trinajstić information content (AvgIpc) is 2.97. The quantitative estimate of drug-likeness (QED) is 0.225. The summed E-state index contributed by atoms with van der Waals surface area (Å²) < 4.78 is 0. The molecular weight excluding hydrogens is 444 g/mol. The lowest BCUT2D eigenvalue weighted by Crippen LogP contribution is -1.97. The van der Waals surface area contributed by atoms with Crippen molar-refractivity contribution >= 4 is 27.6 Å². The van der Waals surface area contributed by atoms with Crippen LogP contribution in [0.1, 0.15) is 18.1 Å². The van der Waals surface area contributed by atoms with Gasteiger partial charge < -0.3 is 0 Å². The second kappa shape index (κ2) is 9.65. The zero-order valence-corrected chi connectivity index (χ0v) is 20.8. The van der Waals surface area contributed by atoms with Gasteiger partial charge in [0.2, 0.25) is 0 Å². The standard InChI is InChI=1S/C37H26/c1-3-13-33-32(4-2)36(30-19-12-18-29(24-30)26-14-6-5-7-15-26)34-20-10-11-21-35(34)37(33)31-23-22-27-16-8-9-17-28(27)25-31/h2-3,5-25H,1H3/b13-3-. The van der Waals surface area contributed by atoms with E-state index in [4.69, 9.17) is 6.42 Å². The zero-order valence-electron chi connectivity index (χ0n) is 20.8. The van der Waals surface area contributed by atoms with Crippen molar-refractivity contribution < 1.29 is 0 Å². The van der Waals surface area contributed by atoms with Crippen LogP contribution in [-0.4, -0.2) is 0 Å². The van der Waals surface area contributed by atoms with Gasteiger partial charge in [-0.05, 0) is 74.0 Å². The van der Waals surface area contributed by atoms with Crippen LogP contribution in [-0.2, 0) is 0 Å². The molecule has 6 aromatic rings. The fourth-order valence-corrected chi connectivity index (χ4v) is 5.38. The molecule has 0 saturated carbocycles. The molecule has 0 spiro atoms. The molecule has 0 radical (unpaired) electrons. The molecule has 0 heteroatoms. The minimum absolute atomic E-state index is 0.921. The minimum Gasteiger partial charge on any atom is -0.115 e. The summed E-state index contributed by atoms with van der Waals surface area (Å²) in [6.45, 7) is 2.05. The van der Waals surface area contributed by atoms with Crippen molar-refractivity contribution in [2.75, 3.05) is 0 Å². The predicted octanol–water partition coefficient (Wildman–Crippen LogP) is 10.0. The van der Waals surface area contributed by atoms with E-state index in [2.05, 4.69) is 140 Å². The van der Waals surface area contributed by atoms with Gasteiger partial charge in [-0.15, -0.1) is 6.42 Å². The maximum Gasteiger partial charge on any atom is 0.0406 e. The minimum atomic E-state index is 0.921. The Hall–Kier alpha value is -4.86. The summed E-state index contributed by atoms with van der Waals surface area (Å²) in [5, 5.41) is 4.81. The molecule has 6 rings (SSSR count). The number of hydrogen-bond donors (Lipinski definition) is 0. The van der Waals surface area contributed by atoms with Gasteiger partial charge in [0.05, 0.1) is 0 Å². The van der Waals surface area contributed by atoms with E-state index in [0.29, 0.717) is 0 Å². The number of benzene rings is 6. The van der Waals surface area contributed by atoms with E-state index in [1.165, 1.54) is 38.4 Å². The second-order valence-electron chi connectivity index (χ2n) is 9.24. The number of terminal acetylenes is 1. The number of hydrogen-bond acceptors (Lipinski definition) is 0. The van der Waals surface area contributed by atoms with E-state index >= 15 is 0 Å². The normalized spacial score (nSPS) is 11.2. The van der Waals surface area contributed by atoms with Gasteiger partial charge in [0.15, 0.2) is 0 Å². The van der Waals surface area contributed by atoms with E-state index in [-0.39, 0.29) is 0 Å². The molecule has 0 heterocycles. The summed E-state index contributed by atoms with van der Waals surface area (Å²) in [4.78, 5) is 0. The molecule has 0 aliphatic heterocycles. The molecule has 6 aromatic carbocycles. The summed E-state index contributed by atoms with van der Waals surface area (Å²) in [7, 11) is 0. The molecule has 37 heavy (non-hydrogen) atoms. The van der Waals surface area contributed by atoms with Gasteiger partial charge in [0, 0.05) is 11.1 Å². The van der Waals surface area contributed by atoms with Crippen LogP contribution >= 0.6 is 0 Å². The fraction of sp³-hybridized carbons (Fsp3) is 0.0270. The fourth-order valence-electron chi connectivity index (χ4n) is 5.38. The highest BCUT2D eigenvalue weighted by Gasteiger charge is 2.19. The van der Waals surface area contributed by atoms with Crippen LogP contribution in [0.15, 0.2) is 127 Å². The molecule has 0 atom stereocenters. The lowest BCUT2D eigenvalue weighted by molar-refractivity contribution is 1.56. The first-order valence-corrected chi connectivity index (χ1v) is 12.6. The summed E-state index contributed by atoms with van der Waals surface area (Å²) in [5.41, 5.74) is 8.95. The topological polar surface area (TPSA) is 0 Å². The number of fused-ring (bicyclic) bond motifs is 2. The molecule has 0 aromatic heterocycles. The third-order valence-electron chi connectivity index (χ3n) is 7.03. The van der Waals surface area contributed by atoms with Crippen molar-refractivity contribution in [3.05, 3.63) is 139 Å². The molecular formula is C37H26. The highest BCUT2D eigenvalue weighted by molar-refractivity contribution is 6.11. The summed E-state index contributed by atoms with van der Waals surface area (Å²) >= 11 is 0. The summed E-state index contributed by atoms with van der Waals surface area (Å²) in [6.07, 6.45) is 10.6. The Bertz CT molecular complexity index is 1830. The van der Waals surface area contributed by atoms with Gasteiger partial charge in [-0.3, -0.25) is 0 Å². The van der Waals surface area contributed by atoms with Crippen molar-refractivity contribution in [3.63, 3.8) is 0 Å². The van der Waals surface area contributed by atoms with Crippen LogP contribution in [0, 0.1) is 12.3 Å². The first-order valence-electron chi connectivity index (χ1n) is 12.6. The Balaban J connectivity index is 1.69. The van der Waals surface area contributed by atoms with Crippen molar-refractivity contribution in [2.45, 2.75) is 6.92 Å². The summed E-state index contributed by atoms with van der Waals surface area (Å²) in [5.74, 6) is 3.09. The third kappa shape index (κ3) is 4.02. The lowest BCUT2D eigenvalue weighted by atomic mass is 9.83. The average molecular weight is 471 g/mol. The molecule has 0 N–H and O–H groups in total. The van der Waals surface area contributed by atoms with Gasteiger partial charge in [0.1, 0.15) is 0 Å². The lowest BCUT2D eigenvalue weighted by Gasteiger charge is -2.20. The SMILES string of the molecule is C#Cc1c(/C=C\C)c(-c2ccc3ccccc3c2)c2ccccc2c1-c1cccc(-c2ccccc2)c1. The van der Waals surface area contributed by atoms with Crippen LogP contribution in [0.3, 0.4) is 0 Å². The number of rotatable bonds is 4. The van der Waals surface area contributed by atoms with Gasteiger partial charge >= 0.3 is 0 Å². The Morgan fingerprint density at radius 1 is 0.541 bits per heavy atom. The van der Waals surface area contributed by atoms with Gasteiger partial charge in [-0.2, -0.15) is 0 Å². The van der Waals surface area contributed by atoms with Crippen LogP contribution < -0.4 is 0 Å². The maximum atomic E-state index is 6.31. The molecule has 0 aliphatic rings. The maximum absolute atomic E-state index is 6.31. The smallest absolute Gasteiger partial charge is 0.0406 e. The molecule has 0 saturated heterocycles. The van der Waals surface area contributed by atoms with Gasteiger partial charge in [0.25, 0.3) is 0 Å². The Morgan fingerprint density at radius 3 is 1.92 bits per heavy atom. The molecule has 0 amide bonds. The Morgan fingerprint density at radius 2 is 1.16 bits per heavy atom. The van der Waals surface area contributed by atoms with Gasteiger partial charge in [-0.25, -0.2) is 0 Å². The van der Waals surface area contributed by atoms with E-state index in [9.17, 15) is 0 Å². The van der Waals surface area contributed by atoms with Gasteiger partial charge in [-0.1, -0.05) is 127 Å². The van der Waals surface area contributed by atoms with Crippen molar-refractivity contribution in [2.24, 2.45) is 0 Å². The van der Waals surface area contributed by atoms with Crippen molar-refractivity contribution in [3.8, 4) is 45.7 Å². The van der Waals surface area contributed by atoms with Crippen molar-refractivity contribution in [1.82, 2.24) is 0 Å².